The van der Waals surface area contributed by atoms with E-state index in [9.17, 15) is 4.39 Å². The molecular weight excluding hydrogens is 383 g/mol. The normalized spacial score (nSPS) is 18.1. The van der Waals surface area contributed by atoms with Crippen molar-refractivity contribution in [2.45, 2.75) is 25.4 Å². The van der Waals surface area contributed by atoms with Crippen LogP contribution in [0.5, 0.6) is 0 Å². The maximum Gasteiger partial charge on any atom is 0.143 e. The largest absolute Gasteiger partial charge is 0.365 e. The van der Waals surface area contributed by atoms with Gasteiger partial charge in [-0.1, -0.05) is 17.7 Å². The zero-order chi connectivity index (χ0) is 18.6. The molecule has 144 valence electrons. The third-order valence-electron chi connectivity index (χ3n) is 5.27. The van der Waals surface area contributed by atoms with Gasteiger partial charge in [0.05, 0.1) is 21.9 Å². The highest BCUT2D eigenvalue weighted by molar-refractivity contribution is 7.16. The Balaban J connectivity index is 1.22. The number of thiophene rings is 1. The van der Waals surface area contributed by atoms with E-state index >= 15 is 0 Å². The van der Waals surface area contributed by atoms with Crippen molar-refractivity contribution in [3.8, 4) is 0 Å². The van der Waals surface area contributed by atoms with Crippen LogP contribution in [-0.2, 0) is 6.54 Å². The lowest BCUT2D eigenvalue weighted by Gasteiger charge is -2.35. The summed E-state index contributed by atoms with van der Waals surface area (Å²) in [6.07, 6.45) is 7.68. The number of hydrogen-bond acceptors (Lipinski definition) is 5. The van der Waals surface area contributed by atoms with E-state index in [1.54, 1.807) is 17.4 Å². The van der Waals surface area contributed by atoms with Gasteiger partial charge in [0.2, 0.25) is 0 Å². The lowest BCUT2D eigenvalue weighted by Crippen LogP contribution is -2.45. The van der Waals surface area contributed by atoms with Gasteiger partial charge >= 0.3 is 0 Å². The molecule has 1 saturated heterocycles. The lowest BCUT2D eigenvalue weighted by atomic mass is 10.0. The zero-order valence-electron chi connectivity index (χ0n) is 15.2. The highest BCUT2D eigenvalue weighted by Crippen LogP contribution is 2.25. The van der Waals surface area contributed by atoms with Gasteiger partial charge in [-0.2, -0.15) is 0 Å². The maximum absolute atomic E-state index is 13.6. The molecule has 0 aromatic carbocycles. The number of hydrogen-bond donors (Lipinski definition) is 1. The van der Waals surface area contributed by atoms with E-state index in [1.807, 2.05) is 12.1 Å². The van der Waals surface area contributed by atoms with Crippen LogP contribution in [0.15, 0.2) is 30.5 Å². The van der Waals surface area contributed by atoms with Gasteiger partial charge in [0.15, 0.2) is 0 Å². The quantitative estimate of drug-likeness (QED) is 0.785. The molecule has 4 nitrogen and oxygen atoms in total. The van der Waals surface area contributed by atoms with E-state index in [0.29, 0.717) is 6.04 Å². The first-order valence-corrected chi connectivity index (χ1v) is 10.6. The topological polar surface area (TPSA) is 31.4 Å². The summed E-state index contributed by atoms with van der Waals surface area (Å²) < 4.78 is 14.4. The Morgan fingerprint density at radius 3 is 2.89 bits per heavy atom. The molecule has 27 heavy (non-hydrogen) atoms. The van der Waals surface area contributed by atoms with Crippen LogP contribution in [-0.4, -0.2) is 48.6 Å². The number of nitrogens with one attached hydrogen (secondary N) is 1. The molecule has 2 aliphatic rings. The minimum absolute atomic E-state index is 0.270. The molecule has 0 amide bonds. The summed E-state index contributed by atoms with van der Waals surface area (Å²) in [7, 11) is 0. The first kappa shape index (κ1) is 18.9. The number of fused-ring (bicyclic) bond motifs is 1. The van der Waals surface area contributed by atoms with Gasteiger partial charge in [0.1, 0.15) is 5.82 Å². The van der Waals surface area contributed by atoms with Crippen molar-refractivity contribution in [3.05, 3.63) is 51.2 Å². The van der Waals surface area contributed by atoms with Crippen molar-refractivity contribution in [1.29, 1.82) is 0 Å². The summed E-state index contributed by atoms with van der Waals surface area (Å²) in [6.45, 7) is 5.81. The average Bonchev–Trinajstić information content (AvgIpc) is 3.11. The number of likely N-dealkylation sites (tertiary alicyclic amines) is 1. The van der Waals surface area contributed by atoms with Crippen molar-refractivity contribution in [2.24, 2.45) is 0 Å². The fourth-order valence-electron chi connectivity index (χ4n) is 3.74. The first-order chi connectivity index (χ1) is 13.2. The van der Waals surface area contributed by atoms with Gasteiger partial charge in [0, 0.05) is 43.2 Å². The molecule has 1 fully saturated rings. The molecule has 0 atom stereocenters. The van der Waals surface area contributed by atoms with Gasteiger partial charge in [-0.25, -0.2) is 4.39 Å². The second kappa shape index (κ2) is 8.69. The Kier molecular flexibility index (Phi) is 6.08. The summed E-state index contributed by atoms with van der Waals surface area (Å²) in [5.74, 6) is -0.270. The Bertz CT molecular complexity index is 801. The Labute approximate surface area is 168 Å². The summed E-state index contributed by atoms with van der Waals surface area (Å²) in [6, 6.07) is 6.22. The van der Waals surface area contributed by atoms with Crippen molar-refractivity contribution in [2.75, 3.05) is 37.6 Å². The number of anilines is 1. The van der Waals surface area contributed by atoms with E-state index in [0.717, 1.165) is 67.8 Å². The number of pyridine rings is 1. The third kappa shape index (κ3) is 4.88. The predicted octanol–water partition coefficient (Wildman–Crippen LogP) is 4.02. The summed E-state index contributed by atoms with van der Waals surface area (Å²) >= 11 is 7.64. The van der Waals surface area contributed by atoms with E-state index in [4.69, 9.17) is 11.6 Å². The van der Waals surface area contributed by atoms with Crippen LogP contribution in [0.2, 0.25) is 4.34 Å². The van der Waals surface area contributed by atoms with Gasteiger partial charge in [-0.05, 0) is 44.1 Å². The number of rotatable bonds is 6. The molecule has 0 unspecified atom stereocenters. The van der Waals surface area contributed by atoms with E-state index in [1.165, 1.54) is 11.1 Å². The molecule has 4 rings (SSSR count). The molecule has 1 N–H and O–H groups in total. The lowest BCUT2D eigenvalue weighted by molar-refractivity contribution is 0.201. The third-order valence-corrected chi connectivity index (χ3v) is 6.50. The molecule has 0 radical (unpaired) electrons. The van der Waals surface area contributed by atoms with Crippen LogP contribution < -0.4 is 10.2 Å². The van der Waals surface area contributed by atoms with Crippen LogP contribution in [0.4, 0.5) is 10.1 Å². The molecule has 0 saturated carbocycles. The van der Waals surface area contributed by atoms with Crippen molar-refractivity contribution < 1.29 is 4.39 Å². The van der Waals surface area contributed by atoms with E-state index in [2.05, 4.69) is 32.2 Å². The number of piperidine rings is 1. The molecule has 2 aromatic rings. The minimum atomic E-state index is -0.270. The molecule has 0 spiro atoms. The summed E-state index contributed by atoms with van der Waals surface area (Å²) in [4.78, 5) is 10.2. The highest BCUT2D eigenvalue weighted by Gasteiger charge is 2.21. The molecule has 0 bridgehead atoms. The standard InChI is InChI=1S/C20H24ClFN4S/c21-20-4-3-17(27-20)14-23-16-5-8-25(9-6-16)10-11-26-7-1-2-18-19(26)12-15(22)13-24-18/h1-4,12-13,16,23H,5-11,14H2. The van der Waals surface area contributed by atoms with Crippen molar-refractivity contribution in [3.63, 3.8) is 0 Å². The van der Waals surface area contributed by atoms with E-state index in [-0.39, 0.29) is 5.82 Å². The maximum atomic E-state index is 13.6. The molecule has 2 aromatic heterocycles. The Morgan fingerprint density at radius 2 is 2.11 bits per heavy atom. The molecule has 2 aliphatic heterocycles. The van der Waals surface area contributed by atoms with Crippen LogP contribution in [0, 0.1) is 5.82 Å². The van der Waals surface area contributed by atoms with Crippen LogP contribution in [0.25, 0.3) is 6.08 Å². The molecule has 4 heterocycles. The summed E-state index contributed by atoms with van der Waals surface area (Å²) in [5, 5.41) is 3.65. The van der Waals surface area contributed by atoms with Gasteiger partial charge in [-0.3, -0.25) is 4.98 Å². The fraction of sp³-hybridized carbons (Fsp3) is 0.450. The second-order valence-electron chi connectivity index (χ2n) is 7.11. The number of halogens is 2. The zero-order valence-corrected chi connectivity index (χ0v) is 16.8. The first-order valence-electron chi connectivity index (χ1n) is 9.44. The van der Waals surface area contributed by atoms with Gasteiger partial charge in [0.25, 0.3) is 0 Å². The molecule has 7 heteroatoms. The predicted molar refractivity (Wildman–Crippen MR) is 111 cm³/mol. The molecular formula is C20H24ClFN4S. The minimum Gasteiger partial charge on any atom is -0.365 e. The second-order valence-corrected chi connectivity index (χ2v) is 8.91. The highest BCUT2D eigenvalue weighted by atomic mass is 35.5. The van der Waals surface area contributed by atoms with Crippen LogP contribution in [0.3, 0.4) is 0 Å². The van der Waals surface area contributed by atoms with Crippen molar-refractivity contribution in [1.82, 2.24) is 15.2 Å². The van der Waals surface area contributed by atoms with Gasteiger partial charge in [-0.15, -0.1) is 11.3 Å². The number of nitrogens with zero attached hydrogens (tertiary/aromatic N) is 3. The monoisotopic (exact) mass is 406 g/mol. The van der Waals surface area contributed by atoms with Crippen LogP contribution in [0.1, 0.15) is 23.4 Å². The Hall–Kier alpha value is -1.47. The summed E-state index contributed by atoms with van der Waals surface area (Å²) in [5.41, 5.74) is 1.77. The smallest absolute Gasteiger partial charge is 0.143 e. The Morgan fingerprint density at radius 1 is 1.26 bits per heavy atom. The van der Waals surface area contributed by atoms with Crippen molar-refractivity contribution >= 4 is 34.7 Å². The van der Waals surface area contributed by atoms with E-state index < -0.39 is 0 Å². The fourth-order valence-corrected chi connectivity index (χ4v) is 4.78. The SMILES string of the molecule is Fc1cnc2c(c1)N(CCN1CCC(NCc3ccc(Cl)s3)CC1)CC=C2. The molecule has 0 aliphatic carbocycles. The van der Waals surface area contributed by atoms with Crippen LogP contribution >= 0.6 is 22.9 Å². The van der Waals surface area contributed by atoms with Gasteiger partial charge < -0.3 is 15.1 Å². The number of aromatic nitrogens is 1. The average molecular weight is 407 g/mol.